The average Bonchev–Trinajstić information content (AvgIpc) is 2.87. The second-order valence-corrected chi connectivity index (χ2v) is 4.81. The number of hydrogen-bond acceptors (Lipinski definition) is 2. The lowest BCUT2D eigenvalue weighted by atomic mass is 9.91. The lowest BCUT2D eigenvalue weighted by molar-refractivity contribution is 0.0951. The lowest BCUT2D eigenvalue weighted by Gasteiger charge is -2.44. The molecule has 0 radical (unpaired) electrons. The number of nitrogens with zero attached hydrogens (tertiary/aromatic N) is 1. The maximum atomic E-state index is 11.3. The van der Waals surface area contributed by atoms with Crippen LogP contribution in [0, 0.1) is 5.92 Å². The van der Waals surface area contributed by atoms with Crippen molar-refractivity contribution in [2.24, 2.45) is 11.7 Å². The van der Waals surface area contributed by atoms with E-state index in [0.29, 0.717) is 0 Å². The molecule has 2 fully saturated rings. The molecule has 2 amide bonds. The van der Waals surface area contributed by atoms with Crippen molar-refractivity contribution in [2.45, 2.75) is 31.7 Å². The number of nitrogens with one attached hydrogen (secondary N) is 1. The molecule has 3 N–H and O–H groups in total. The van der Waals surface area contributed by atoms with Crippen LogP contribution >= 0.6 is 12.4 Å². The van der Waals surface area contributed by atoms with Crippen molar-refractivity contribution in [1.82, 2.24) is 10.2 Å². The van der Waals surface area contributed by atoms with Crippen LogP contribution in [0.15, 0.2) is 0 Å². The number of hydrogen-bond donors (Lipinski definition) is 2. The first-order chi connectivity index (χ1) is 6.62. The van der Waals surface area contributed by atoms with Gasteiger partial charge < -0.3 is 16.0 Å². The molecule has 0 aromatic heterocycles. The Morgan fingerprint density at radius 2 is 2.27 bits per heavy atom. The molecule has 0 aromatic carbocycles. The quantitative estimate of drug-likeness (QED) is 0.746. The number of halogens is 1. The number of carbonyl (C=O) groups excluding carboxylic acids is 1. The molecule has 88 valence electrons. The van der Waals surface area contributed by atoms with Gasteiger partial charge in [0.2, 0.25) is 0 Å². The number of urea groups is 1. The zero-order valence-corrected chi connectivity index (χ0v) is 9.98. The Hall–Kier alpha value is -0.480. The van der Waals surface area contributed by atoms with E-state index in [-0.39, 0.29) is 24.0 Å². The number of amides is 2. The van der Waals surface area contributed by atoms with E-state index in [4.69, 9.17) is 5.73 Å². The number of nitrogens with two attached hydrogens (primary N) is 1. The maximum absolute atomic E-state index is 11.3. The Bertz CT molecular complexity index is 245. The first-order valence-electron chi connectivity index (χ1n) is 5.40. The fourth-order valence-corrected chi connectivity index (χ4v) is 2.42. The van der Waals surface area contributed by atoms with Gasteiger partial charge >= 0.3 is 6.03 Å². The summed E-state index contributed by atoms with van der Waals surface area (Å²) in [5.41, 5.74) is 5.35. The van der Waals surface area contributed by atoms with Gasteiger partial charge in [0.15, 0.2) is 0 Å². The number of primary amides is 1. The third-order valence-corrected chi connectivity index (χ3v) is 3.36. The van der Waals surface area contributed by atoms with E-state index in [2.05, 4.69) is 12.2 Å². The third-order valence-electron chi connectivity index (χ3n) is 3.36. The van der Waals surface area contributed by atoms with Crippen molar-refractivity contribution in [3.63, 3.8) is 0 Å². The van der Waals surface area contributed by atoms with Crippen molar-refractivity contribution >= 4 is 18.4 Å². The second-order valence-electron chi connectivity index (χ2n) is 4.81. The Kier molecular flexibility index (Phi) is 3.84. The molecule has 1 aliphatic heterocycles. The Morgan fingerprint density at radius 3 is 2.80 bits per heavy atom. The maximum Gasteiger partial charge on any atom is 0.315 e. The van der Waals surface area contributed by atoms with E-state index in [1.54, 1.807) is 0 Å². The minimum Gasteiger partial charge on any atom is -0.351 e. The first kappa shape index (κ1) is 12.6. The van der Waals surface area contributed by atoms with Crippen molar-refractivity contribution in [1.29, 1.82) is 0 Å². The highest BCUT2D eigenvalue weighted by Gasteiger charge is 2.40. The summed E-state index contributed by atoms with van der Waals surface area (Å²) >= 11 is 0. The molecule has 2 rings (SSSR count). The van der Waals surface area contributed by atoms with E-state index >= 15 is 0 Å². The van der Waals surface area contributed by atoms with Gasteiger partial charge in [0.05, 0.1) is 5.54 Å². The van der Waals surface area contributed by atoms with E-state index in [1.165, 1.54) is 12.8 Å². The SMILES string of the molecule is CC1(CC2CC2)CNCCN1C(N)=O.Cl. The summed E-state index contributed by atoms with van der Waals surface area (Å²) < 4.78 is 0. The third kappa shape index (κ3) is 2.75. The van der Waals surface area contributed by atoms with Gasteiger partial charge in [0.1, 0.15) is 0 Å². The van der Waals surface area contributed by atoms with Gasteiger partial charge in [-0.25, -0.2) is 4.79 Å². The molecule has 4 nitrogen and oxygen atoms in total. The predicted molar refractivity (Wildman–Crippen MR) is 62.2 cm³/mol. The van der Waals surface area contributed by atoms with Crippen LogP contribution in [0.4, 0.5) is 4.79 Å². The van der Waals surface area contributed by atoms with Crippen LogP contribution in [-0.2, 0) is 0 Å². The topological polar surface area (TPSA) is 58.4 Å². The average molecular weight is 234 g/mol. The zero-order valence-electron chi connectivity index (χ0n) is 9.16. The summed E-state index contributed by atoms with van der Waals surface area (Å²) in [6, 6.07) is -0.269. The van der Waals surface area contributed by atoms with E-state index in [1.807, 2.05) is 4.90 Å². The summed E-state index contributed by atoms with van der Waals surface area (Å²) in [4.78, 5) is 13.1. The van der Waals surface area contributed by atoms with Gasteiger partial charge in [-0.2, -0.15) is 0 Å². The summed E-state index contributed by atoms with van der Waals surface area (Å²) in [6.07, 6.45) is 3.74. The van der Waals surface area contributed by atoms with Crippen molar-refractivity contribution in [3.05, 3.63) is 0 Å². The summed E-state index contributed by atoms with van der Waals surface area (Å²) in [6.45, 7) is 4.64. The highest BCUT2D eigenvalue weighted by molar-refractivity contribution is 5.85. The molecule has 15 heavy (non-hydrogen) atoms. The number of rotatable bonds is 2. The predicted octanol–water partition coefficient (Wildman–Crippen LogP) is 0.951. The van der Waals surface area contributed by atoms with Gasteiger partial charge in [0.25, 0.3) is 0 Å². The molecule has 5 heteroatoms. The van der Waals surface area contributed by atoms with Crippen LogP contribution in [0.3, 0.4) is 0 Å². The van der Waals surface area contributed by atoms with Gasteiger partial charge in [-0.1, -0.05) is 12.8 Å². The molecular formula is C10H20ClN3O. The van der Waals surface area contributed by atoms with Crippen LogP contribution in [-0.4, -0.2) is 36.1 Å². The zero-order chi connectivity index (χ0) is 10.2. The monoisotopic (exact) mass is 233 g/mol. The van der Waals surface area contributed by atoms with E-state index < -0.39 is 0 Å². The van der Waals surface area contributed by atoms with Crippen molar-refractivity contribution in [2.75, 3.05) is 19.6 Å². The Balaban J connectivity index is 0.00000112. The minimum atomic E-state index is -0.269. The molecule has 0 spiro atoms. The minimum absolute atomic E-state index is 0. The van der Waals surface area contributed by atoms with Crippen LogP contribution in [0.25, 0.3) is 0 Å². The summed E-state index contributed by atoms with van der Waals surface area (Å²) in [5.74, 6) is 0.821. The molecule has 1 atom stereocenters. The van der Waals surface area contributed by atoms with Crippen molar-refractivity contribution in [3.8, 4) is 0 Å². The van der Waals surface area contributed by atoms with Gasteiger partial charge in [0, 0.05) is 19.6 Å². The van der Waals surface area contributed by atoms with Crippen LogP contribution in [0.1, 0.15) is 26.2 Å². The van der Waals surface area contributed by atoms with E-state index in [0.717, 1.165) is 32.0 Å². The highest BCUT2D eigenvalue weighted by atomic mass is 35.5. The van der Waals surface area contributed by atoms with Gasteiger partial charge in [-0.05, 0) is 19.3 Å². The standard InChI is InChI=1S/C10H19N3O.ClH/c1-10(6-8-2-3-8)7-12-4-5-13(10)9(11)14;/h8,12H,2-7H2,1H3,(H2,11,14);1H. The first-order valence-corrected chi connectivity index (χ1v) is 5.40. The van der Waals surface area contributed by atoms with Crippen LogP contribution in [0.5, 0.6) is 0 Å². The van der Waals surface area contributed by atoms with Gasteiger partial charge in [-0.3, -0.25) is 0 Å². The normalized spacial score (nSPS) is 30.9. The van der Waals surface area contributed by atoms with Crippen molar-refractivity contribution < 1.29 is 4.79 Å². The molecule has 0 aromatic rings. The second kappa shape index (κ2) is 4.58. The fraction of sp³-hybridized carbons (Fsp3) is 0.900. The molecule has 0 bridgehead atoms. The molecule has 1 aliphatic carbocycles. The lowest BCUT2D eigenvalue weighted by Crippen LogP contribution is -2.62. The number of piperazine rings is 1. The molecule has 2 aliphatic rings. The van der Waals surface area contributed by atoms with E-state index in [9.17, 15) is 4.79 Å². The van der Waals surface area contributed by atoms with Gasteiger partial charge in [-0.15, -0.1) is 12.4 Å². The Labute approximate surface area is 97.0 Å². The Morgan fingerprint density at radius 1 is 1.60 bits per heavy atom. The fourth-order valence-electron chi connectivity index (χ4n) is 2.42. The molecule has 1 heterocycles. The highest BCUT2D eigenvalue weighted by Crippen LogP contribution is 2.39. The molecule has 1 saturated heterocycles. The number of carbonyl (C=O) groups is 1. The summed E-state index contributed by atoms with van der Waals surface area (Å²) in [7, 11) is 0. The smallest absolute Gasteiger partial charge is 0.315 e. The molecule has 1 unspecified atom stereocenters. The van der Waals surface area contributed by atoms with Crippen LogP contribution in [0.2, 0.25) is 0 Å². The largest absolute Gasteiger partial charge is 0.351 e. The van der Waals surface area contributed by atoms with Crippen LogP contribution < -0.4 is 11.1 Å². The summed E-state index contributed by atoms with van der Waals surface area (Å²) in [5, 5.41) is 3.34. The molecule has 1 saturated carbocycles. The molecular weight excluding hydrogens is 214 g/mol.